The zero-order valence-electron chi connectivity index (χ0n) is 8.90. The van der Waals surface area contributed by atoms with E-state index in [4.69, 9.17) is 0 Å². The van der Waals surface area contributed by atoms with Crippen LogP contribution >= 0.6 is 0 Å². The monoisotopic (exact) mass is 236 g/mol. The Hall–Kier alpha value is -1.10. The van der Waals surface area contributed by atoms with Crippen molar-refractivity contribution in [1.29, 1.82) is 0 Å². The van der Waals surface area contributed by atoms with Gasteiger partial charge in [-0.2, -0.15) is 13.2 Å². The summed E-state index contributed by atoms with van der Waals surface area (Å²) < 4.78 is 50.3. The number of benzene rings is 1. The molecule has 0 spiro atoms. The second-order valence-corrected chi connectivity index (χ2v) is 4.29. The molecule has 1 aromatic carbocycles. The molecule has 16 heavy (non-hydrogen) atoms. The Morgan fingerprint density at radius 2 is 1.75 bits per heavy atom. The molecule has 0 aliphatic rings. The van der Waals surface area contributed by atoms with Crippen LogP contribution in [0, 0.1) is 5.82 Å². The summed E-state index contributed by atoms with van der Waals surface area (Å²) >= 11 is 0. The van der Waals surface area contributed by atoms with Crippen molar-refractivity contribution in [3.8, 4) is 0 Å². The van der Waals surface area contributed by atoms with Crippen molar-refractivity contribution >= 4 is 0 Å². The van der Waals surface area contributed by atoms with Gasteiger partial charge in [0.25, 0.3) is 0 Å². The topological polar surface area (TPSA) is 20.2 Å². The summed E-state index contributed by atoms with van der Waals surface area (Å²) in [6.45, 7) is 2.82. The SMILES string of the molecule is CC(C)(O)Cc1cc(C(F)(F)F)ccc1F. The summed E-state index contributed by atoms with van der Waals surface area (Å²) in [6, 6.07) is 2.18. The van der Waals surface area contributed by atoms with Gasteiger partial charge in [-0.1, -0.05) is 0 Å². The maximum Gasteiger partial charge on any atom is 0.416 e. The predicted molar refractivity (Wildman–Crippen MR) is 51.4 cm³/mol. The number of hydrogen-bond acceptors (Lipinski definition) is 1. The van der Waals surface area contributed by atoms with Crippen LogP contribution in [-0.4, -0.2) is 10.7 Å². The quantitative estimate of drug-likeness (QED) is 0.782. The van der Waals surface area contributed by atoms with Gasteiger partial charge in [0.2, 0.25) is 0 Å². The lowest BCUT2D eigenvalue weighted by molar-refractivity contribution is -0.137. The maximum absolute atomic E-state index is 13.2. The predicted octanol–water partition coefficient (Wildman–Crippen LogP) is 3.16. The Morgan fingerprint density at radius 1 is 1.19 bits per heavy atom. The third-order valence-corrected chi connectivity index (χ3v) is 2.00. The molecule has 0 atom stereocenters. The number of halogens is 4. The molecule has 0 heterocycles. The van der Waals surface area contributed by atoms with Gasteiger partial charge in [-0.15, -0.1) is 0 Å². The van der Waals surface area contributed by atoms with Crippen LogP contribution in [0.3, 0.4) is 0 Å². The number of aliphatic hydroxyl groups is 1. The first-order valence-corrected chi connectivity index (χ1v) is 4.67. The Labute approximate surface area is 90.7 Å². The van der Waals surface area contributed by atoms with E-state index < -0.39 is 23.2 Å². The molecule has 5 heteroatoms. The van der Waals surface area contributed by atoms with Crippen LogP contribution in [0.1, 0.15) is 25.0 Å². The third-order valence-electron chi connectivity index (χ3n) is 2.00. The molecule has 1 rings (SSSR count). The Bertz CT molecular complexity index is 377. The average Bonchev–Trinajstić information content (AvgIpc) is 2.04. The summed E-state index contributed by atoms with van der Waals surface area (Å²) in [5.74, 6) is -0.741. The molecule has 0 amide bonds. The van der Waals surface area contributed by atoms with Crippen molar-refractivity contribution in [3.05, 3.63) is 35.1 Å². The highest BCUT2D eigenvalue weighted by atomic mass is 19.4. The average molecular weight is 236 g/mol. The third kappa shape index (κ3) is 3.48. The lowest BCUT2D eigenvalue weighted by Gasteiger charge is -2.18. The summed E-state index contributed by atoms with van der Waals surface area (Å²) in [6.07, 6.45) is -4.66. The molecule has 1 N–H and O–H groups in total. The summed E-state index contributed by atoms with van der Waals surface area (Å²) in [5.41, 5.74) is -2.29. The summed E-state index contributed by atoms with van der Waals surface area (Å²) in [4.78, 5) is 0. The minimum atomic E-state index is -4.50. The number of hydrogen-bond donors (Lipinski definition) is 1. The minimum absolute atomic E-state index is 0.137. The van der Waals surface area contributed by atoms with E-state index in [2.05, 4.69) is 0 Å². The van der Waals surface area contributed by atoms with E-state index in [1.54, 1.807) is 0 Å². The van der Waals surface area contributed by atoms with Gasteiger partial charge in [0.15, 0.2) is 0 Å². The zero-order chi connectivity index (χ0) is 12.6. The van der Waals surface area contributed by atoms with Gasteiger partial charge in [0.05, 0.1) is 11.2 Å². The van der Waals surface area contributed by atoms with Gasteiger partial charge < -0.3 is 5.11 Å². The Balaban J connectivity index is 3.10. The first-order chi connectivity index (χ1) is 7.09. The standard InChI is InChI=1S/C11H12F4O/c1-10(2,16)6-7-5-8(11(13,14)15)3-4-9(7)12/h3-5,16H,6H2,1-2H3. The van der Waals surface area contributed by atoms with Crippen LogP contribution < -0.4 is 0 Å². The molecule has 1 aromatic rings. The van der Waals surface area contributed by atoms with E-state index in [1.807, 2.05) is 0 Å². The lowest BCUT2D eigenvalue weighted by atomic mass is 9.97. The molecule has 0 saturated heterocycles. The second kappa shape index (κ2) is 4.05. The number of rotatable bonds is 2. The largest absolute Gasteiger partial charge is 0.416 e. The Morgan fingerprint density at radius 3 is 2.19 bits per heavy atom. The fraction of sp³-hybridized carbons (Fsp3) is 0.455. The van der Waals surface area contributed by atoms with Crippen LogP contribution in [0.25, 0.3) is 0 Å². The molecular weight excluding hydrogens is 224 g/mol. The van der Waals surface area contributed by atoms with E-state index >= 15 is 0 Å². The molecular formula is C11H12F4O. The van der Waals surface area contributed by atoms with E-state index in [0.29, 0.717) is 6.07 Å². The van der Waals surface area contributed by atoms with E-state index in [0.717, 1.165) is 12.1 Å². The molecule has 1 nitrogen and oxygen atoms in total. The van der Waals surface area contributed by atoms with Crippen LogP contribution in [-0.2, 0) is 12.6 Å². The van der Waals surface area contributed by atoms with Crippen molar-refractivity contribution < 1.29 is 22.7 Å². The fourth-order valence-electron chi connectivity index (χ4n) is 1.35. The first kappa shape index (κ1) is 13.0. The van der Waals surface area contributed by atoms with Gasteiger partial charge in [-0.25, -0.2) is 4.39 Å². The van der Waals surface area contributed by atoms with Crippen molar-refractivity contribution in [2.45, 2.75) is 32.0 Å². The fourth-order valence-corrected chi connectivity index (χ4v) is 1.35. The van der Waals surface area contributed by atoms with Crippen molar-refractivity contribution in [2.75, 3.05) is 0 Å². The van der Waals surface area contributed by atoms with Gasteiger partial charge in [0, 0.05) is 6.42 Å². The molecule has 0 bridgehead atoms. The van der Waals surface area contributed by atoms with Crippen LogP contribution in [0.2, 0.25) is 0 Å². The smallest absolute Gasteiger partial charge is 0.390 e. The van der Waals surface area contributed by atoms with Crippen molar-refractivity contribution in [1.82, 2.24) is 0 Å². The first-order valence-electron chi connectivity index (χ1n) is 4.67. The molecule has 0 aliphatic heterocycles. The zero-order valence-corrected chi connectivity index (χ0v) is 8.90. The molecule has 0 unspecified atom stereocenters. The highest BCUT2D eigenvalue weighted by Crippen LogP contribution is 2.31. The van der Waals surface area contributed by atoms with Gasteiger partial charge >= 0.3 is 6.18 Å². The van der Waals surface area contributed by atoms with E-state index in [1.165, 1.54) is 13.8 Å². The molecule has 90 valence electrons. The number of alkyl halides is 3. The van der Waals surface area contributed by atoms with Crippen molar-refractivity contribution in [2.24, 2.45) is 0 Å². The summed E-state index contributed by atoms with van der Waals surface area (Å²) in [5, 5.41) is 9.44. The molecule has 0 aliphatic carbocycles. The molecule has 0 saturated carbocycles. The second-order valence-electron chi connectivity index (χ2n) is 4.29. The van der Waals surface area contributed by atoms with Gasteiger partial charge in [0.1, 0.15) is 5.82 Å². The lowest BCUT2D eigenvalue weighted by Crippen LogP contribution is -2.23. The molecule has 0 radical (unpaired) electrons. The molecule has 0 aromatic heterocycles. The highest BCUT2D eigenvalue weighted by Gasteiger charge is 2.31. The van der Waals surface area contributed by atoms with E-state index in [9.17, 15) is 22.7 Å². The normalized spacial score (nSPS) is 12.9. The van der Waals surface area contributed by atoms with Crippen LogP contribution in [0.15, 0.2) is 18.2 Å². The van der Waals surface area contributed by atoms with Gasteiger partial charge in [-0.05, 0) is 37.6 Å². The van der Waals surface area contributed by atoms with Crippen LogP contribution in [0.4, 0.5) is 17.6 Å². The van der Waals surface area contributed by atoms with Gasteiger partial charge in [-0.3, -0.25) is 0 Å². The maximum atomic E-state index is 13.2. The van der Waals surface area contributed by atoms with Crippen LogP contribution in [0.5, 0.6) is 0 Å². The van der Waals surface area contributed by atoms with Crippen molar-refractivity contribution in [3.63, 3.8) is 0 Å². The molecule has 0 fully saturated rings. The summed E-state index contributed by atoms with van der Waals surface area (Å²) in [7, 11) is 0. The Kier molecular flexibility index (Phi) is 3.28. The minimum Gasteiger partial charge on any atom is -0.390 e. The highest BCUT2D eigenvalue weighted by molar-refractivity contribution is 5.28. The van der Waals surface area contributed by atoms with E-state index in [-0.39, 0.29) is 12.0 Å².